The van der Waals surface area contributed by atoms with Crippen LogP contribution in [0.5, 0.6) is 0 Å². The van der Waals surface area contributed by atoms with Gasteiger partial charge in [-0.1, -0.05) is 6.42 Å². The highest BCUT2D eigenvalue weighted by atomic mass is 16.7. The summed E-state index contributed by atoms with van der Waals surface area (Å²) in [7, 11) is -0.341. The molecular weight excluding hydrogens is 351 g/mol. The molecular formula is C18H31BN2O6. The maximum absolute atomic E-state index is 12.2. The molecule has 1 heterocycles. The number of carbonyl (C=O) groups excluding carboxylic acids is 3. The lowest BCUT2D eigenvalue weighted by atomic mass is 9.79. The highest BCUT2D eigenvalue weighted by Crippen LogP contribution is 2.42. The van der Waals surface area contributed by atoms with Gasteiger partial charge in [-0.3, -0.25) is 14.4 Å². The van der Waals surface area contributed by atoms with Crippen LogP contribution in [0, 0.1) is 5.92 Å². The van der Waals surface area contributed by atoms with E-state index in [2.05, 4.69) is 5.32 Å². The first-order valence-electron chi connectivity index (χ1n) is 9.40. The minimum atomic E-state index is -1.38. The van der Waals surface area contributed by atoms with Gasteiger partial charge in [-0.15, -0.1) is 0 Å². The molecule has 2 amide bonds. The van der Waals surface area contributed by atoms with Crippen molar-refractivity contribution in [1.82, 2.24) is 5.32 Å². The van der Waals surface area contributed by atoms with Crippen molar-refractivity contribution in [2.75, 3.05) is 0 Å². The van der Waals surface area contributed by atoms with Crippen LogP contribution < -0.4 is 11.1 Å². The standard InChI is InChI=1S/C18H31BN2O6/c1-11(22)21-18(15(20)24)10-13(9-14(18)25-12(2)23)7-8-19-26-16(3,4)17(5,6)27-19/h13-14H,7-10H2,1-6H3,(H2,20,24)(H,21,22). The van der Waals surface area contributed by atoms with Gasteiger partial charge in [0.05, 0.1) is 11.2 Å². The Bertz CT molecular complexity index is 607. The largest absolute Gasteiger partial charge is 0.459 e. The summed E-state index contributed by atoms with van der Waals surface area (Å²) in [6.45, 7) is 10.6. The third-order valence-corrected chi connectivity index (χ3v) is 5.97. The molecule has 1 aliphatic heterocycles. The van der Waals surface area contributed by atoms with Crippen LogP contribution in [0.4, 0.5) is 0 Å². The molecule has 3 unspecified atom stereocenters. The lowest BCUT2D eigenvalue weighted by molar-refractivity contribution is -0.153. The fourth-order valence-corrected chi connectivity index (χ4v) is 3.96. The van der Waals surface area contributed by atoms with Crippen LogP contribution in [-0.2, 0) is 28.4 Å². The summed E-state index contributed by atoms with van der Waals surface area (Å²) in [5.41, 5.74) is 3.42. The summed E-state index contributed by atoms with van der Waals surface area (Å²) in [6.07, 6.45) is 1.32. The van der Waals surface area contributed by atoms with Gasteiger partial charge in [0.15, 0.2) is 5.54 Å². The van der Waals surface area contributed by atoms with E-state index in [0.29, 0.717) is 25.6 Å². The van der Waals surface area contributed by atoms with Gasteiger partial charge in [0.25, 0.3) is 0 Å². The van der Waals surface area contributed by atoms with Crippen molar-refractivity contribution in [1.29, 1.82) is 0 Å². The molecule has 3 atom stereocenters. The zero-order chi connectivity index (χ0) is 20.6. The molecule has 2 rings (SSSR count). The average Bonchev–Trinajstić information content (AvgIpc) is 2.91. The van der Waals surface area contributed by atoms with E-state index in [0.717, 1.165) is 0 Å². The summed E-state index contributed by atoms with van der Waals surface area (Å²) in [4.78, 5) is 35.3. The Morgan fingerprint density at radius 3 is 2.15 bits per heavy atom. The number of ether oxygens (including phenoxy) is 1. The third kappa shape index (κ3) is 4.46. The maximum Gasteiger partial charge on any atom is 0.457 e. The van der Waals surface area contributed by atoms with Crippen LogP contribution in [0.1, 0.15) is 60.8 Å². The average molecular weight is 382 g/mol. The van der Waals surface area contributed by atoms with Gasteiger partial charge in [0.2, 0.25) is 11.8 Å². The molecule has 0 aromatic heterocycles. The minimum absolute atomic E-state index is 0.0349. The normalized spacial score (nSPS) is 31.6. The lowest BCUT2D eigenvalue weighted by Gasteiger charge is -2.32. The predicted molar refractivity (Wildman–Crippen MR) is 99.5 cm³/mol. The number of nitrogens with two attached hydrogens (primary N) is 1. The van der Waals surface area contributed by atoms with E-state index in [1.54, 1.807) is 0 Å². The molecule has 9 heteroatoms. The van der Waals surface area contributed by atoms with Crippen molar-refractivity contribution < 1.29 is 28.4 Å². The monoisotopic (exact) mass is 382 g/mol. The fourth-order valence-electron chi connectivity index (χ4n) is 3.96. The quantitative estimate of drug-likeness (QED) is 0.526. The van der Waals surface area contributed by atoms with Gasteiger partial charge in [-0.2, -0.15) is 0 Å². The highest BCUT2D eigenvalue weighted by molar-refractivity contribution is 6.45. The zero-order valence-corrected chi connectivity index (χ0v) is 17.1. The van der Waals surface area contributed by atoms with Crippen molar-refractivity contribution in [2.45, 2.75) is 90.0 Å². The molecule has 2 fully saturated rings. The summed E-state index contributed by atoms with van der Waals surface area (Å²) in [5.74, 6) is -1.56. The van der Waals surface area contributed by atoms with E-state index in [1.165, 1.54) is 13.8 Å². The third-order valence-electron chi connectivity index (χ3n) is 5.97. The molecule has 27 heavy (non-hydrogen) atoms. The Kier molecular flexibility index (Phi) is 5.97. The first-order valence-corrected chi connectivity index (χ1v) is 9.40. The van der Waals surface area contributed by atoms with E-state index >= 15 is 0 Å². The number of amides is 2. The number of hydrogen-bond donors (Lipinski definition) is 2. The molecule has 0 spiro atoms. The van der Waals surface area contributed by atoms with Gasteiger partial charge in [-0.25, -0.2) is 0 Å². The van der Waals surface area contributed by atoms with Crippen LogP contribution in [0.2, 0.25) is 6.32 Å². The predicted octanol–water partition coefficient (Wildman–Crippen LogP) is 1.17. The van der Waals surface area contributed by atoms with Gasteiger partial charge in [0, 0.05) is 13.8 Å². The highest BCUT2D eigenvalue weighted by Gasteiger charge is 2.55. The molecule has 1 aliphatic carbocycles. The summed E-state index contributed by atoms with van der Waals surface area (Å²) in [5, 5.41) is 2.64. The summed E-state index contributed by atoms with van der Waals surface area (Å²) in [6, 6.07) is 0. The van der Waals surface area contributed by atoms with Crippen molar-refractivity contribution in [3.05, 3.63) is 0 Å². The van der Waals surface area contributed by atoms with Crippen molar-refractivity contribution in [2.24, 2.45) is 11.7 Å². The Morgan fingerprint density at radius 2 is 1.70 bits per heavy atom. The number of carbonyl (C=O) groups is 3. The second-order valence-corrected chi connectivity index (χ2v) is 8.68. The molecule has 2 aliphatic rings. The van der Waals surface area contributed by atoms with Crippen molar-refractivity contribution >= 4 is 24.9 Å². The molecule has 1 saturated carbocycles. The number of rotatable bonds is 6. The zero-order valence-electron chi connectivity index (χ0n) is 17.1. The molecule has 3 N–H and O–H groups in total. The SMILES string of the molecule is CC(=O)NC1(C(N)=O)CC(CCB2OC(C)(C)C(C)(C)O2)CC1OC(C)=O. The van der Waals surface area contributed by atoms with Gasteiger partial charge < -0.3 is 25.1 Å². The first-order chi connectivity index (χ1) is 12.3. The van der Waals surface area contributed by atoms with E-state index in [4.69, 9.17) is 19.8 Å². The topological polar surface area (TPSA) is 117 Å². The van der Waals surface area contributed by atoms with Crippen LogP contribution in [0.15, 0.2) is 0 Å². The number of nitrogens with one attached hydrogen (secondary N) is 1. The minimum Gasteiger partial charge on any atom is -0.459 e. The maximum atomic E-state index is 12.2. The van der Waals surface area contributed by atoms with E-state index in [9.17, 15) is 14.4 Å². The molecule has 152 valence electrons. The smallest absolute Gasteiger partial charge is 0.457 e. The second kappa shape index (κ2) is 7.43. The Balaban J connectivity index is 2.08. The number of primary amides is 1. The fraction of sp³-hybridized carbons (Fsp3) is 0.833. The Labute approximate surface area is 161 Å². The van der Waals surface area contributed by atoms with E-state index < -0.39 is 40.6 Å². The van der Waals surface area contributed by atoms with Crippen LogP contribution in [0.25, 0.3) is 0 Å². The first kappa shape index (κ1) is 21.7. The Morgan fingerprint density at radius 1 is 1.15 bits per heavy atom. The van der Waals surface area contributed by atoms with Crippen molar-refractivity contribution in [3.8, 4) is 0 Å². The van der Waals surface area contributed by atoms with Crippen LogP contribution >= 0.6 is 0 Å². The molecule has 0 radical (unpaired) electrons. The molecule has 0 aromatic carbocycles. The van der Waals surface area contributed by atoms with Gasteiger partial charge in [-0.05, 0) is 52.8 Å². The Hall–Kier alpha value is -1.61. The van der Waals surface area contributed by atoms with Crippen LogP contribution in [-0.4, -0.2) is 47.7 Å². The molecule has 0 aromatic rings. The van der Waals surface area contributed by atoms with E-state index in [-0.39, 0.29) is 13.0 Å². The van der Waals surface area contributed by atoms with E-state index in [1.807, 2.05) is 27.7 Å². The number of esters is 1. The number of hydrogen-bond acceptors (Lipinski definition) is 6. The summed E-state index contributed by atoms with van der Waals surface area (Å²) >= 11 is 0. The molecule has 0 bridgehead atoms. The second-order valence-electron chi connectivity index (χ2n) is 8.68. The molecule has 8 nitrogen and oxygen atoms in total. The summed E-state index contributed by atoms with van der Waals surface area (Å²) < 4.78 is 17.4. The van der Waals surface area contributed by atoms with Crippen molar-refractivity contribution in [3.63, 3.8) is 0 Å². The lowest BCUT2D eigenvalue weighted by Crippen LogP contribution is -2.62. The van der Waals surface area contributed by atoms with Gasteiger partial charge in [0.1, 0.15) is 6.10 Å². The van der Waals surface area contributed by atoms with Crippen LogP contribution in [0.3, 0.4) is 0 Å². The molecule has 1 saturated heterocycles. The van der Waals surface area contributed by atoms with Gasteiger partial charge >= 0.3 is 13.1 Å².